The number of aryl methyl sites for hydroxylation is 1. The van der Waals surface area contributed by atoms with E-state index < -0.39 is 135 Å². The van der Waals surface area contributed by atoms with Crippen LogP contribution in [0.4, 0.5) is 17.7 Å². The van der Waals surface area contributed by atoms with Crippen LogP contribution in [0.5, 0.6) is 0 Å². The number of aliphatic hydroxyl groups excluding tert-OH is 4. The average molecular weight is 1180 g/mol. The van der Waals surface area contributed by atoms with Crippen LogP contribution in [-0.2, 0) is 77.7 Å². The first kappa shape index (κ1) is 56.0. The van der Waals surface area contributed by atoms with Crippen molar-refractivity contribution in [1.29, 1.82) is 0 Å². The Morgan fingerprint density at radius 2 is 1.20 bits per heavy atom. The van der Waals surface area contributed by atoms with Crippen LogP contribution < -0.4 is 32.9 Å². The van der Waals surface area contributed by atoms with Crippen LogP contribution in [0, 0.1) is 0 Å². The Labute approximate surface area is 426 Å². The first-order chi connectivity index (χ1) is 35.7. The van der Waals surface area contributed by atoms with E-state index in [0.717, 1.165) is 28.9 Å². The number of phosphoric acid groups is 3. The summed E-state index contributed by atoms with van der Waals surface area (Å²) >= 11 is 5.28. The van der Waals surface area contributed by atoms with Gasteiger partial charge in [-0.1, -0.05) is 0 Å². The first-order valence-electron chi connectivity index (χ1n) is 21.7. The van der Waals surface area contributed by atoms with Gasteiger partial charge in [-0.3, -0.25) is 42.3 Å². The van der Waals surface area contributed by atoms with Crippen molar-refractivity contribution < 1.29 is 104 Å². The summed E-state index contributed by atoms with van der Waals surface area (Å²) in [6.45, 7) is -5.78. The van der Waals surface area contributed by atoms with Crippen LogP contribution >= 0.6 is 30.2 Å². The van der Waals surface area contributed by atoms with Gasteiger partial charge in [-0.2, -0.15) is 23.2 Å². The maximum absolute atomic E-state index is 13.3. The SMILES string of the molecule is CC[n+]1cn([C@@H]2O[C@H](COP(=O)(O)OP(=O)(O)OP(=O)(O)OC[C@H]3O[C@@H](n4cnc5c(N)ncnc54)[C@H](OC)[C@@H]3O[P@@](O)(=S)OC[C@H]3O[C@@H](n4cnc5c(=O)[nH]c(N)nc54)[C@H](O)[C@@H]3O)[C@@H](O)[C@H]2O)c2nc(N)[nH]c(=O)c21. The zero-order chi connectivity index (χ0) is 55.0. The highest BCUT2D eigenvalue weighted by Gasteiger charge is 2.53. The summed E-state index contributed by atoms with van der Waals surface area (Å²) in [4.78, 5) is 96.6. The third kappa shape index (κ3) is 11.1. The molecule has 6 aromatic heterocycles. The quantitative estimate of drug-likeness (QED) is 0.0255. The van der Waals surface area contributed by atoms with Gasteiger partial charge in [0.1, 0.15) is 66.8 Å². The Kier molecular flexibility index (Phi) is 15.6. The van der Waals surface area contributed by atoms with Crippen molar-refractivity contribution in [1.82, 2.24) is 53.6 Å². The summed E-state index contributed by atoms with van der Waals surface area (Å²) < 4.78 is 96.8. The first-order valence-corrected chi connectivity index (χ1v) is 28.8. The van der Waals surface area contributed by atoms with Gasteiger partial charge < -0.3 is 80.7 Å². The lowest BCUT2D eigenvalue weighted by atomic mass is 10.1. The fourth-order valence-corrected chi connectivity index (χ4v) is 13.4. The van der Waals surface area contributed by atoms with Gasteiger partial charge >= 0.3 is 35.7 Å². The molecule has 16 N–H and O–H groups in total. The number of fused-ring (bicyclic) bond motifs is 3. The number of rotatable bonds is 20. The molecule has 9 rings (SSSR count). The maximum atomic E-state index is 13.3. The number of aliphatic hydroxyl groups is 4. The van der Waals surface area contributed by atoms with Gasteiger partial charge in [0.05, 0.1) is 39.0 Å². The van der Waals surface area contributed by atoms with Crippen molar-refractivity contribution in [2.24, 2.45) is 0 Å². The molecule has 0 radical (unpaired) electrons. The Morgan fingerprint density at radius 1 is 0.671 bits per heavy atom. The number of nitrogens with zero attached hydrogens (tertiary/aromatic N) is 10. The second-order valence-electron chi connectivity index (χ2n) is 16.6. The standard InChI is InChI=1S/C33H45N15O23P4S/c1-3-45-10-48(26-16(45)28(54)44-33(36)42-26)30-20(52)17(49)11(67-30)4-63-72(55,56)70-74(59,60)71-73(57,58)64-6-13-21(22(62-2)31(68-13)46-8-39-14-23(34)37-7-38-24(14)46)69-75(61,76)65-5-12-18(50)19(51)29(66-12)47-9-40-15-25(47)41-32(35)43-27(15)53/h7-13,17-22,29-31,49-52H,3-6H2,1-2H3,(H11-,34,35,36,37,38,41,42,43,44,53,54,55,56,57,58,59,60,61,76)/p+1/t11-,12-,13-,17-,18-,19-,20-,21-,22-,29-,30-,31-,75+/m1/s1. The fourth-order valence-electron chi connectivity index (χ4n) is 8.43. The second-order valence-corrected chi connectivity index (χ2v) is 24.1. The van der Waals surface area contributed by atoms with Gasteiger partial charge in [-0.05, 0) is 18.7 Å². The minimum Gasteiger partial charge on any atom is -0.387 e. The van der Waals surface area contributed by atoms with Crippen LogP contribution in [0.1, 0.15) is 25.6 Å². The molecule has 0 aliphatic carbocycles. The molecule has 0 spiro atoms. The lowest BCUT2D eigenvalue weighted by Crippen LogP contribution is -2.38. The van der Waals surface area contributed by atoms with E-state index >= 15 is 0 Å². The molecule has 0 bridgehead atoms. The summed E-state index contributed by atoms with van der Waals surface area (Å²) in [5.74, 6) is -0.640. The van der Waals surface area contributed by atoms with E-state index in [1.54, 1.807) is 6.92 Å². The molecule has 6 aromatic rings. The Morgan fingerprint density at radius 3 is 1.80 bits per heavy atom. The number of methoxy groups -OCH3 is 1. The molecule has 3 unspecified atom stereocenters. The van der Waals surface area contributed by atoms with Crippen LogP contribution in [0.25, 0.3) is 33.5 Å². The smallest absolute Gasteiger partial charge is 0.387 e. The highest BCUT2D eigenvalue weighted by Crippen LogP contribution is 2.68. The van der Waals surface area contributed by atoms with Crippen LogP contribution in [0.3, 0.4) is 0 Å². The molecule has 0 saturated carbocycles. The highest BCUT2D eigenvalue weighted by molar-refractivity contribution is 8.07. The van der Waals surface area contributed by atoms with E-state index in [9.17, 15) is 63.3 Å². The van der Waals surface area contributed by atoms with Crippen LogP contribution in [0.2, 0.25) is 0 Å². The van der Waals surface area contributed by atoms with E-state index in [-0.39, 0.29) is 57.8 Å². The van der Waals surface area contributed by atoms with Crippen molar-refractivity contribution in [2.75, 3.05) is 44.1 Å². The topological polar surface area (TPSA) is 545 Å². The van der Waals surface area contributed by atoms with Gasteiger partial charge in [0.2, 0.25) is 24.5 Å². The molecule has 416 valence electrons. The molecule has 3 aliphatic heterocycles. The summed E-state index contributed by atoms with van der Waals surface area (Å²) in [6.07, 6.45) is -14.6. The lowest BCUT2D eigenvalue weighted by Gasteiger charge is -2.28. The molecular weight excluding hydrogens is 1130 g/mol. The fraction of sp³-hybridized carbons (Fsp3) is 0.545. The van der Waals surface area contributed by atoms with E-state index in [2.05, 4.69) is 48.5 Å². The third-order valence-corrected chi connectivity index (χ3v) is 17.6. The number of H-pyrrole nitrogens is 2. The number of imidazole rings is 3. The number of hydrogen-bond acceptors (Lipinski definition) is 29. The highest BCUT2D eigenvalue weighted by atomic mass is 32.5. The van der Waals surface area contributed by atoms with E-state index in [1.165, 1.54) is 21.8 Å². The number of aromatic amines is 2. The van der Waals surface area contributed by atoms with Crippen molar-refractivity contribution in [3.8, 4) is 0 Å². The molecule has 0 amide bonds. The summed E-state index contributed by atoms with van der Waals surface area (Å²) in [6, 6.07) is 0. The minimum absolute atomic E-state index is 0.0189. The molecule has 9 heterocycles. The predicted octanol–water partition coefficient (Wildman–Crippen LogP) is -4.11. The lowest BCUT2D eigenvalue weighted by molar-refractivity contribution is -0.669. The zero-order valence-corrected chi connectivity index (χ0v) is 43.1. The van der Waals surface area contributed by atoms with E-state index in [0.29, 0.717) is 0 Å². The van der Waals surface area contributed by atoms with Crippen molar-refractivity contribution >= 4 is 93.2 Å². The number of phosphoric ester groups is 2. The number of ether oxygens (including phenoxy) is 4. The number of nitrogen functional groups attached to an aromatic ring is 3. The summed E-state index contributed by atoms with van der Waals surface area (Å²) in [7, 11) is -16.8. The molecular formula is C33H46N15O23P4S+. The third-order valence-electron chi connectivity index (χ3n) is 11.8. The number of nitrogens with two attached hydrogens (primary N) is 3. The van der Waals surface area contributed by atoms with Gasteiger partial charge in [0.15, 0.2) is 35.1 Å². The maximum Gasteiger partial charge on any atom is 0.490 e. The molecule has 76 heavy (non-hydrogen) atoms. The molecule has 43 heteroatoms. The number of nitrogens with one attached hydrogen (secondary N) is 2. The zero-order valence-electron chi connectivity index (χ0n) is 38.7. The van der Waals surface area contributed by atoms with E-state index in [4.69, 9.17) is 66.1 Å². The second kappa shape index (κ2) is 21.1. The van der Waals surface area contributed by atoms with E-state index in [1.807, 2.05) is 0 Å². The average Bonchev–Trinajstić information content (AvgIpc) is 4.19. The van der Waals surface area contributed by atoms with Crippen LogP contribution in [-0.4, -0.2) is 175 Å². The molecule has 3 aliphatic rings. The van der Waals surface area contributed by atoms with Gasteiger partial charge in [-0.25, -0.2) is 38.2 Å². The largest absolute Gasteiger partial charge is 0.490 e. The number of anilines is 3. The summed E-state index contributed by atoms with van der Waals surface area (Å²) in [5.41, 5.74) is 15.8. The van der Waals surface area contributed by atoms with Gasteiger partial charge in [0, 0.05) is 7.11 Å². The van der Waals surface area contributed by atoms with Crippen molar-refractivity contribution in [2.45, 2.75) is 87.1 Å². The Balaban J connectivity index is 0.862. The molecule has 16 atom stereocenters. The molecule has 3 fully saturated rings. The van der Waals surface area contributed by atoms with Gasteiger partial charge in [0.25, 0.3) is 16.7 Å². The molecule has 38 nitrogen and oxygen atoms in total. The normalized spacial score (nSPS) is 30.2. The summed E-state index contributed by atoms with van der Waals surface area (Å²) in [5, 5.41) is 43.5. The Bertz CT molecular complexity index is 3490. The molecule has 0 aromatic carbocycles. The van der Waals surface area contributed by atoms with Crippen LogP contribution in [0.15, 0.2) is 34.9 Å². The van der Waals surface area contributed by atoms with Crippen molar-refractivity contribution in [3.05, 3.63) is 46.0 Å². The van der Waals surface area contributed by atoms with Gasteiger partial charge in [-0.15, -0.1) is 0 Å². The number of aromatic nitrogens is 12. The predicted molar refractivity (Wildman–Crippen MR) is 250 cm³/mol. The minimum atomic E-state index is -6.17. The monoisotopic (exact) mass is 1180 g/mol. The van der Waals surface area contributed by atoms with Crippen molar-refractivity contribution in [3.63, 3.8) is 0 Å². The number of hydrogen-bond donors (Lipinski definition) is 13. The molecule has 3 saturated heterocycles. The Hall–Kier alpha value is -4.73.